The molecule has 22 heteroatoms. The quantitative estimate of drug-likeness (QED) is 0.0277. The minimum atomic E-state index is -1.17. The van der Waals surface area contributed by atoms with Crippen LogP contribution in [0.4, 0.5) is 10.1 Å². The molecule has 8 amide bonds. The Morgan fingerprint density at radius 3 is 2.20 bits per heavy atom. The van der Waals surface area contributed by atoms with Crippen molar-refractivity contribution in [1.82, 2.24) is 41.5 Å². The number of nitrogens with one attached hydrogen (secondary N) is 6. The van der Waals surface area contributed by atoms with Crippen molar-refractivity contribution < 1.29 is 57.0 Å². The molecule has 4 aliphatic rings. The van der Waals surface area contributed by atoms with Gasteiger partial charge in [0.2, 0.25) is 35.4 Å². The highest BCUT2D eigenvalue weighted by Gasteiger charge is 2.45. The Labute approximate surface area is 452 Å². The van der Waals surface area contributed by atoms with Crippen molar-refractivity contribution >= 4 is 69.8 Å². The maximum Gasteiger partial charge on any atom is 0.316 e. The second kappa shape index (κ2) is 22.6. The average Bonchev–Trinajstić information content (AvgIpc) is 4.18. The van der Waals surface area contributed by atoms with Gasteiger partial charge in [-0.1, -0.05) is 49.4 Å². The third kappa shape index (κ3) is 11.3. The zero-order valence-electron chi connectivity index (χ0n) is 43.9. The smallest absolute Gasteiger partial charge is 0.316 e. The van der Waals surface area contributed by atoms with Crippen LogP contribution >= 0.6 is 0 Å². The number of hydrogen-bond donors (Lipinski definition) is 6. The Balaban J connectivity index is 0.753. The Morgan fingerprint density at radius 2 is 1.48 bits per heavy atom. The maximum absolute atomic E-state index is 15.5. The number of imide groups is 1. The van der Waals surface area contributed by atoms with Gasteiger partial charge < -0.3 is 45.9 Å². The molecule has 5 aromatic rings. The molecule has 410 valence electrons. The number of aryl methyl sites for hydroxylation is 2. The summed E-state index contributed by atoms with van der Waals surface area (Å²) < 4.78 is 28.1. The molecule has 3 aromatic carbocycles. The van der Waals surface area contributed by atoms with Crippen LogP contribution in [0.2, 0.25) is 0 Å². The predicted molar refractivity (Wildman–Crippen MR) is 283 cm³/mol. The molecule has 0 radical (unpaired) electrons. The number of rotatable bonds is 20. The molecule has 21 nitrogen and oxygen atoms in total. The van der Waals surface area contributed by atoms with Crippen LogP contribution in [0, 0.1) is 12.7 Å². The highest BCUT2D eigenvalue weighted by atomic mass is 19.1. The van der Waals surface area contributed by atoms with Crippen LogP contribution in [-0.2, 0) is 96.0 Å². The van der Waals surface area contributed by atoms with Crippen molar-refractivity contribution in [2.45, 2.75) is 96.4 Å². The minimum absolute atomic E-state index is 0.0290. The summed E-state index contributed by atoms with van der Waals surface area (Å²) in [6.07, 6.45) is 3.91. The fourth-order valence-corrected chi connectivity index (χ4v) is 10.6. The second-order valence-corrected chi connectivity index (χ2v) is 20.3. The Morgan fingerprint density at radius 1 is 0.797 bits per heavy atom. The number of nitrogens with zero attached hydrogens (tertiary/aromatic N) is 3. The minimum Gasteiger partial charge on any atom is -0.460 e. The van der Waals surface area contributed by atoms with Gasteiger partial charge in [0.1, 0.15) is 31.8 Å². The van der Waals surface area contributed by atoms with E-state index in [4.69, 9.17) is 14.5 Å². The highest BCUT2D eigenvalue weighted by molar-refractivity contribution is 6.28. The number of esters is 1. The number of cyclic esters (lactones) is 1. The van der Waals surface area contributed by atoms with Crippen molar-refractivity contribution in [1.29, 1.82) is 0 Å². The van der Waals surface area contributed by atoms with Crippen LogP contribution in [0.25, 0.3) is 22.3 Å². The lowest BCUT2D eigenvalue weighted by Gasteiger charge is -2.38. The first-order valence-electron chi connectivity index (χ1n) is 25.8. The van der Waals surface area contributed by atoms with Crippen molar-refractivity contribution in [3.63, 3.8) is 0 Å². The molecular formula is C57H58FN9O12. The summed E-state index contributed by atoms with van der Waals surface area (Å²) in [6, 6.07) is 17.4. The number of ether oxygens (including phenoxy) is 2. The maximum atomic E-state index is 15.5. The van der Waals surface area contributed by atoms with Crippen LogP contribution < -0.4 is 42.4 Å². The topological polar surface area (TPSA) is 282 Å². The van der Waals surface area contributed by atoms with Crippen molar-refractivity contribution in [3.05, 3.63) is 140 Å². The van der Waals surface area contributed by atoms with Crippen LogP contribution in [0.1, 0.15) is 84.5 Å². The van der Waals surface area contributed by atoms with Gasteiger partial charge in [0.15, 0.2) is 0 Å². The highest BCUT2D eigenvalue weighted by Crippen LogP contribution is 2.48. The first-order valence-corrected chi connectivity index (χ1v) is 25.8. The van der Waals surface area contributed by atoms with Crippen molar-refractivity contribution in [2.75, 3.05) is 37.9 Å². The number of carbonyl (C=O) groups is 9. The van der Waals surface area contributed by atoms with Crippen molar-refractivity contribution in [2.24, 2.45) is 0 Å². The number of halogens is 1. The van der Waals surface area contributed by atoms with Crippen LogP contribution in [0.5, 0.6) is 0 Å². The molecule has 0 saturated heterocycles. The van der Waals surface area contributed by atoms with E-state index in [9.17, 15) is 47.9 Å². The van der Waals surface area contributed by atoms with Gasteiger partial charge in [0, 0.05) is 42.0 Å². The summed E-state index contributed by atoms with van der Waals surface area (Å²) in [6.45, 7) is 4.73. The SMILES string of the molecule is CC[C@@]1(C)C(=O)OCc2c1cc1n(c2=O)Cc2c-1nc1cc(F)c(C)c3c1c2[C@@](C)(NC(=O)COCNC(=O)CNC(=O)[C@H](Cc1ccccc1)NC(=O)CNC(=O)CNC(=O)CCc1ccc(N2C(=O)C=CC2=O)cc1)CC3. The molecule has 0 unspecified atom stereocenters. The largest absolute Gasteiger partial charge is 0.460 e. The summed E-state index contributed by atoms with van der Waals surface area (Å²) in [5.74, 6) is -5.48. The van der Waals surface area contributed by atoms with Crippen LogP contribution in [-0.4, -0.2) is 102 Å². The third-order valence-electron chi connectivity index (χ3n) is 15.1. The van der Waals surface area contributed by atoms with Gasteiger partial charge in [0.25, 0.3) is 17.4 Å². The lowest BCUT2D eigenvalue weighted by atomic mass is 9.74. The monoisotopic (exact) mass is 1080 g/mol. The summed E-state index contributed by atoms with van der Waals surface area (Å²) in [7, 11) is 0. The molecule has 6 N–H and O–H groups in total. The molecule has 1 aliphatic carbocycles. The zero-order chi connectivity index (χ0) is 56.3. The zero-order valence-corrected chi connectivity index (χ0v) is 43.9. The molecule has 2 aromatic heterocycles. The number of amides is 8. The molecule has 5 heterocycles. The van der Waals surface area contributed by atoms with Crippen LogP contribution in [0.3, 0.4) is 0 Å². The van der Waals surface area contributed by atoms with E-state index in [1.54, 1.807) is 73.0 Å². The number of anilines is 1. The number of pyridine rings is 2. The summed E-state index contributed by atoms with van der Waals surface area (Å²) >= 11 is 0. The molecule has 0 spiro atoms. The third-order valence-corrected chi connectivity index (χ3v) is 15.1. The van der Waals surface area contributed by atoms with E-state index >= 15 is 4.39 Å². The molecule has 0 fully saturated rings. The molecule has 0 saturated carbocycles. The van der Waals surface area contributed by atoms with Crippen molar-refractivity contribution in [3.8, 4) is 11.4 Å². The first-order chi connectivity index (χ1) is 37.8. The van der Waals surface area contributed by atoms with Gasteiger partial charge in [-0.2, -0.15) is 0 Å². The van der Waals surface area contributed by atoms with E-state index in [0.29, 0.717) is 87.0 Å². The van der Waals surface area contributed by atoms with E-state index < -0.39 is 109 Å². The van der Waals surface area contributed by atoms with Gasteiger partial charge >= 0.3 is 5.97 Å². The van der Waals surface area contributed by atoms with E-state index in [1.807, 2.05) is 19.9 Å². The number of benzene rings is 3. The van der Waals surface area contributed by atoms with E-state index in [2.05, 4.69) is 31.9 Å². The molecule has 9 rings (SSSR count). The van der Waals surface area contributed by atoms with Gasteiger partial charge in [-0.25, -0.2) is 14.3 Å². The Kier molecular flexibility index (Phi) is 15.7. The number of carbonyl (C=O) groups excluding carboxylic acids is 9. The fraction of sp³-hybridized carbons (Fsp3) is 0.351. The van der Waals surface area contributed by atoms with Gasteiger partial charge in [-0.15, -0.1) is 0 Å². The first kappa shape index (κ1) is 54.9. The predicted octanol–water partition coefficient (Wildman–Crippen LogP) is 2.10. The van der Waals surface area contributed by atoms with Gasteiger partial charge in [-0.3, -0.25) is 47.9 Å². The second-order valence-electron chi connectivity index (χ2n) is 20.3. The fourth-order valence-electron chi connectivity index (χ4n) is 10.6. The standard InChI is InChI=1S/C57H58FN9O12/c1-5-56(3)38-22-42-52-36(27-66(42)54(76)37(38)28-79-55(56)77)51-50-35(31(2)39(58)23-40(50)64-52)19-20-57(51,4)65-47(72)29-78-30-62-45(70)25-61-53(75)41(21-33-9-7-6-8-10-33)63-46(71)26-60-44(69)24-59-43(68)16-13-32-11-14-34(15-12-32)67-48(73)17-18-49(67)74/h6-12,14-15,17-18,22-23,41H,5,13,16,19-21,24-30H2,1-4H3,(H,59,68)(H,60,69)(H,61,75)(H,62,70)(H,63,71)(H,65,72)/t41-,56+,57-/m0/s1. The summed E-state index contributed by atoms with van der Waals surface area (Å²) in [4.78, 5) is 135. The molecule has 3 aliphatic heterocycles. The summed E-state index contributed by atoms with van der Waals surface area (Å²) in [5, 5.41) is 16.3. The lowest BCUT2D eigenvalue weighted by Crippen LogP contribution is -2.52. The molecule has 0 bridgehead atoms. The molecular weight excluding hydrogens is 1020 g/mol. The van der Waals surface area contributed by atoms with E-state index in [-0.39, 0.29) is 31.6 Å². The summed E-state index contributed by atoms with van der Waals surface area (Å²) in [5.41, 5.74) is 4.25. The lowest BCUT2D eigenvalue weighted by molar-refractivity contribution is -0.153. The van der Waals surface area contributed by atoms with Gasteiger partial charge in [0.05, 0.1) is 65.3 Å². The Bertz CT molecular complexity index is 3450. The van der Waals surface area contributed by atoms with Crippen LogP contribution in [0.15, 0.2) is 83.7 Å². The Hall–Kier alpha value is -8.92. The number of aromatic nitrogens is 2. The molecule has 79 heavy (non-hydrogen) atoms. The molecule has 3 atom stereocenters. The van der Waals surface area contributed by atoms with Gasteiger partial charge in [-0.05, 0) is 98.0 Å². The average molecular weight is 1080 g/mol. The van der Waals surface area contributed by atoms with E-state index in [0.717, 1.165) is 16.0 Å². The van der Waals surface area contributed by atoms with E-state index in [1.165, 1.54) is 18.2 Å². The number of fused-ring (bicyclic) bond motifs is 5. The normalized spacial score (nSPS) is 18.0. The number of hydrogen-bond acceptors (Lipinski definition) is 13.